The van der Waals surface area contributed by atoms with Gasteiger partial charge in [0, 0.05) is 23.9 Å². The summed E-state index contributed by atoms with van der Waals surface area (Å²) in [5, 5.41) is 21.7. The highest BCUT2D eigenvalue weighted by molar-refractivity contribution is 5.83. The van der Waals surface area contributed by atoms with Gasteiger partial charge in [0.1, 0.15) is 17.3 Å². The summed E-state index contributed by atoms with van der Waals surface area (Å²) in [4.78, 5) is 15.5. The van der Waals surface area contributed by atoms with Gasteiger partial charge in [-0.3, -0.25) is 4.79 Å². The number of hydrogen-bond acceptors (Lipinski definition) is 5. The van der Waals surface area contributed by atoms with Crippen LogP contribution in [0.25, 0.3) is 22.7 Å². The van der Waals surface area contributed by atoms with Crippen LogP contribution >= 0.6 is 0 Å². The Morgan fingerprint density at radius 3 is 2.64 bits per heavy atom. The van der Waals surface area contributed by atoms with E-state index in [4.69, 9.17) is 4.74 Å². The summed E-state index contributed by atoms with van der Waals surface area (Å²) in [6.45, 7) is 2.89. The van der Waals surface area contributed by atoms with Crippen LogP contribution in [0.4, 0.5) is 0 Å². The van der Waals surface area contributed by atoms with Crippen molar-refractivity contribution in [3.05, 3.63) is 65.4 Å². The maximum absolute atomic E-state index is 11.1. The molecule has 0 spiro atoms. The number of phenolic OH excluding ortho intramolecular Hbond substituents is 1. The number of pyridine rings is 1. The molecule has 3 rings (SSSR count). The molecule has 0 unspecified atom stereocenters. The van der Waals surface area contributed by atoms with E-state index >= 15 is 0 Å². The van der Waals surface area contributed by atoms with E-state index in [9.17, 15) is 15.0 Å². The summed E-state index contributed by atoms with van der Waals surface area (Å²) in [5.74, 6) is -0.494. The average molecular weight is 335 g/mol. The summed E-state index contributed by atoms with van der Waals surface area (Å²) in [6.07, 6.45) is 1.48. The molecule has 0 saturated heterocycles. The van der Waals surface area contributed by atoms with Gasteiger partial charge in [-0.1, -0.05) is 24.3 Å². The smallest absolute Gasteiger partial charge is 0.308 e. The lowest BCUT2D eigenvalue weighted by atomic mass is 10.1. The van der Waals surface area contributed by atoms with Gasteiger partial charge in [-0.2, -0.15) is 0 Å². The van der Waals surface area contributed by atoms with Crippen LogP contribution in [0.5, 0.6) is 11.5 Å². The number of fused-ring (bicyclic) bond motifs is 1. The Morgan fingerprint density at radius 1 is 1.12 bits per heavy atom. The minimum absolute atomic E-state index is 0.127. The second kappa shape index (κ2) is 6.65. The van der Waals surface area contributed by atoms with Crippen molar-refractivity contribution in [2.75, 3.05) is 0 Å². The van der Waals surface area contributed by atoms with E-state index in [1.807, 2.05) is 30.3 Å². The van der Waals surface area contributed by atoms with E-state index in [0.717, 1.165) is 10.9 Å². The third-order valence-electron chi connectivity index (χ3n) is 3.82. The number of para-hydroxylation sites is 1. The van der Waals surface area contributed by atoms with Gasteiger partial charge in [0.2, 0.25) is 0 Å². The van der Waals surface area contributed by atoms with Crippen molar-refractivity contribution in [1.82, 2.24) is 4.98 Å². The van der Waals surface area contributed by atoms with E-state index in [-0.39, 0.29) is 22.8 Å². The maximum Gasteiger partial charge on any atom is 0.308 e. The Kier molecular flexibility index (Phi) is 4.39. The van der Waals surface area contributed by atoms with Crippen LogP contribution in [0.3, 0.4) is 0 Å². The van der Waals surface area contributed by atoms with Crippen molar-refractivity contribution in [3.63, 3.8) is 0 Å². The second-order valence-electron chi connectivity index (χ2n) is 5.64. The molecule has 2 aromatic carbocycles. The number of aliphatic hydroxyl groups excluding tert-OH is 1. The SMILES string of the molecule is CC(=O)Oc1ccc(C(O)=Cc2ccc3ccccc3n2)c(O)c1C. The molecule has 1 heterocycles. The molecule has 0 atom stereocenters. The lowest BCUT2D eigenvalue weighted by Gasteiger charge is -2.11. The monoisotopic (exact) mass is 335 g/mol. The van der Waals surface area contributed by atoms with Gasteiger partial charge in [0.25, 0.3) is 0 Å². The maximum atomic E-state index is 11.1. The molecular weight excluding hydrogens is 318 g/mol. The number of ether oxygens (including phenoxy) is 1. The first-order chi connectivity index (χ1) is 12.0. The molecule has 0 bridgehead atoms. The normalized spacial score (nSPS) is 11.5. The molecule has 0 aliphatic rings. The van der Waals surface area contributed by atoms with E-state index in [0.29, 0.717) is 11.3 Å². The lowest BCUT2D eigenvalue weighted by molar-refractivity contribution is -0.131. The number of aliphatic hydroxyl groups is 1. The summed E-state index contributed by atoms with van der Waals surface area (Å²) in [7, 11) is 0. The third-order valence-corrected chi connectivity index (χ3v) is 3.82. The van der Waals surface area contributed by atoms with Gasteiger partial charge in [-0.15, -0.1) is 0 Å². The Bertz CT molecular complexity index is 992. The molecule has 25 heavy (non-hydrogen) atoms. The van der Waals surface area contributed by atoms with Crippen LogP contribution in [0, 0.1) is 6.92 Å². The summed E-state index contributed by atoms with van der Waals surface area (Å²) >= 11 is 0. The standard InChI is InChI=1S/C20H17NO4/c1-12-19(25-13(2)22)10-9-16(20(12)24)18(23)11-15-8-7-14-5-3-4-6-17(14)21-15/h3-11,23-24H,1-2H3. The van der Waals surface area contributed by atoms with Gasteiger partial charge in [-0.05, 0) is 31.2 Å². The largest absolute Gasteiger partial charge is 0.507 e. The molecule has 5 nitrogen and oxygen atoms in total. The van der Waals surface area contributed by atoms with Crippen molar-refractivity contribution in [2.24, 2.45) is 0 Å². The van der Waals surface area contributed by atoms with E-state index < -0.39 is 5.97 Å². The number of hydrogen-bond donors (Lipinski definition) is 2. The summed E-state index contributed by atoms with van der Waals surface area (Å²) < 4.78 is 5.01. The molecule has 2 N–H and O–H groups in total. The molecule has 0 aliphatic carbocycles. The number of carbonyl (C=O) groups excluding carboxylic acids is 1. The number of aromatic nitrogens is 1. The highest BCUT2D eigenvalue weighted by Gasteiger charge is 2.14. The highest BCUT2D eigenvalue weighted by Crippen LogP contribution is 2.34. The first-order valence-corrected chi connectivity index (χ1v) is 7.73. The molecule has 1 aromatic heterocycles. The Balaban J connectivity index is 1.98. The molecule has 3 aromatic rings. The minimum Gasteiger partial charge on any atom is -0.507 e. The van der Waals surface area contributed by atoms with Crippen molar-refractivity contribution < 1.29 is 19.7 Å². The third kappa shape index (κ3) is 3.45. The van der Waals surface area contributed by atoms with Crippen molar-refractivity contribution in [2.45, 2.75) is 13.8 Å². The predicted molar refractivity (Wildman–Crippen MR) is 96.4 cm³/mol. The lowest BCUT2D eigenvalue weighted by Crippen LogP contribution is -2.03. The molecule has 5 heteroatoms. The molecule has 0 amide bonds. The fourth-order valence-electron chi connectivity index (χ4n) is 2.53. The zero-order valence-corrected chi connectivity index (χ0v) is 13.9. The number of esters is 1. The zero-order valence-electron chi connectivity index (χ0n) is 13.9. The summed E-state index contributed by atoms with van der Waals surface area (Å²) in [6, 6.07) is 14.4. The first kappa shape index (κ1) is 16.5. The van der Waals surface area contributed by atoms with Crippen molar-refractivity contribution in [1.29, 1.82) is 0 Å². The van der Waals surface area contributed by atoms with Crippen LogP contribution in [-0.4, -0.2) is 21.2 Å². The van der Waals surface area contributed by atoms with Gasteiger partial charge >= 0.3 is 5.97 Å². The average Bonchev–Trinajstić information content (AvgIpc) is 2.58. The van der Waals surface area contributed by atoms with E-state index in [1.165, 1.54) is 25.1 Å². The fourth-order valence-corrected chi connectivity index (χ4v) is 2.53. The molecule has 0 aliphatic heterocycles. The second-order valence-corrected chi connectivity index (χ2v) is 5.64. The number of phenols is 1. The van der Waals surface area contributed by atoms with Gasteiger partial charge in [0.05, 0.1) is 16.8 Å². The number of rotatable bonds is 3. The van der Waals surface area contributed by atoms with Crippen molar-refractivity contribution in [3.8, 4) is 11.5 Å². The topological polar surface area (TPSA) is 79.7 Å². The van der Waals surface area contributed by atoms with Crippen LogP contribution in [0.15, 0.2) is 48.5 Å². The predicted octanol–water partition coefficient (Wildman–Crippen LogP) is 4.23. The Labute approximate surface area is 144 Å². The first-order valence-electron chi connectivity index (χ1n) is 7.73. The van der Waals surface area contributed by atoms with Crippen LogP contribution in [0.1, 0.15) is 23.7 Å². The van der Waals surface area contributed by atoms with Crippen LogP contribution in [-0.2, 0) is 4.79 Å². The number of benzene rings is 2. The zero-order chi connectivity index (χ0) is 18.0. The molecule has 0 radical (unpaired) electrons. The molecular formula is C20H17NO4. The number of nitrogens with zero attached hydrogens (tertiary/aromatic N) is 1. The fraction of sp³-hybridized carbons (Fsp3) is 0.100. The van der Waals surface area contributed by atoms with Crippen molar-refractivity contribution >= 4 is 28.7 Å². The molecule has 0 fully saturated rings. The van der Waals surface area contributed by atoms with E-state index in [1.54, 1.807) is 13.0 Å². The highest BCUT2D eigenvalue weighted by atomic mass is 16.5. The van der Waals surface area contributed by atoms with E-state index in [2.05, 4.69) is 4.98 Å². The Hall–Kier alpha value is -3.34. The Morgan fingerprint density at radius 2 is 1.88 bits per heavy atom. The van der Waals surface area contributed by atoms with Crippen LogP contribution in [0.2, 0.25) is 0 Å². The quantitative estimate of drug-likeness (QED) is 0.425. The minimum atomic E-state index is -0.477. The van der Waals surface area contributed by atoms with Gasteiger partial charge < -0.3 is 14.9 Å². The number of aromatic hydroxyl groups is 1. The van der Waals surface area contributed by atoms with Gasteiger partial charge in [-0.25, -0.2) is 4.98 Å². The molecule has 0 saturated carbocycles. The van der Waals surface area contributed by atoms with Crippen LogP contribution < -0.4 is 4.74 Å². The van der Waals surface area contributed by atoms with Gasteiger partial charge in [0.15, 0.2) is 0 Å². The number of carbonyl (C=O) groups is 1. The summed E-state index contributed by atoms with van der Waals surface area (Å²) in [5.41, 5.74) is 1.99. The molecule has 126 valence electrons.